The molecule has 0 saturated heterocycles. The van der Waals surface area contributed by atoms with E-state index in [4.69, 9.17) is 16.8 Å². The first-order valence-corrected chi connectivity index (χ1v) is 9.87. The Bertz CT molecular complexity index is 1140. The fourth-order valence-corrected chi connectivity index (χ4v) is 3.83. The van der Waals surface area contributed by atoms with Crippen LogP contribution in [0, 0.1) is 0 Å². The first-order valence-electron chi connectivity index (χ1n) is 9.49. The summed E-state index contributed by atoms with van der Waals surface area (Å²) in [6, 6.07) is 21.9. The molecule has 6 heteroatoms. The van der Waals surface area contributed by atoms with E-state index in [2.05, 4.69) is 0 Å². The second-order valence-corrected chi connectivity index (χ2v) is 7.35. The zero-order valence-electron chi connectivity index (χ0n) is 16.0. The number of nitrogens with zero attached hydrogens (tertiary/aromatic N) is 1. The Kier molecular flexibility index (Phi) is 5.65. The number of benzene rings is 3. The van der Waals surface area contributed by atoms with Crippen molar-refractivity contribution in [2.24, 2.45) is 0 Å². The first kappa shape index (κ1) is 19.9. The molecule has 0 spiro atoms. The molecule has 0 bridgehead atoms. The van der Waals surface area contributed by atoms with E-state index in [9.17, 15) is 9.59 Å². The highest BCUT2D eigenvalue weighted by molar-refractivity contribution is 6.37. The zero-order chi connectivity index (χ0) is 21.1. The molecule has 0 aliphatic carbocycles. The molecule has 1 aliphatic rings. The number of rotatable bonds is 4. The van der Waals surface area contributed by atoms with Crippen molar-refractivity contribution in [1.29, 1.82) is 0 Å². The molecule has 0 fully saturated rings. The molecule has 2 amide bonds. The molecule has 0 saturated carbocycles. The van der Waals surface area contributed by atoms with Gasteiger partial charge in [0.05, 0.1) is 0 Å². The van der Waals surface area contributed by atoms with E-state index in [1.807, 2.05) is 60.7 Å². The van der Waals surface area contributed by atoms with Gasteiger partial charge < -0.3 is 4.90 Å². The van der Waals surface area contributed by atoms with Crippen LogP contribution in [0.15, 0.2) is 72.8 Å². The average Bonchev–Trinajstić information content (AvgIpc) is 3.21. The number of hydroxylamine groups is 1. The molecule has 0 aromatic heterocycles. The standard InChI is InChI=1S/C24H19ClN2O3/c25-21-9-5-4-8-19(21)20(14-16-6-2-1-3-7-16)24(29)27-13-12-17-10-11-18(15-22(17)27)23(28)26-30/h1-11,14-15,30H,12-13H2,(H,26,28)/b20-14+. The van der Waals surface area contributed by atoms with Gasteiger partial charge in [-0.25, -0.2) is 5.48 Å². The summed E-state index contributed by atoms with van der Waals surface area (Å²) in [5.41, 5.74) is 5.54. The third-order valence-electron chi connectivity index (χ3n) is 5.09. The van der Waals surface area contributed by atoms with Gasteiger partial charge in [0.1, 0.15) is 0 Å². The van der Waals surface area contributed by atoms with Crippen LogP contribution in [0.3, 0.4) is 0 Å². The number of nitrogens with one attached hydrogen (secondary N) is 1. The number of carbonyl (C=O) groups is 2. The largest absolute Gasteiger partial charge is 0.308 e. The second kappa shape index (κ2) is 8.53. The fraction of sp³-hybridized carbons (Fsp3) is 0.0833. The lowest BCUT2D eigenvalue weighted by Crippen LogP contribution is -2.30. The lowest BCUT2D eigenvalue weighted by molar-refractivity contribution is -0.113. The average molecular weight is 419 g/mol. The van der Waals surface area contributed by atoms with Crippen molar-refractivity contribution in [2.45, 2.75) is 6.42 Å². The van der Waals surface area contributed by atoms with Crippen LogP contribution in [0.1, 0.15) is 27.0 Å². The quantitative estimate of drug-likeness (QED) is 0.282. The van der Waals surface area contributed by atoms with Crippen LogP contribution in [0.4, 0.5) is 5.69 Å². The minimum atomic E-state index is -0.622. The van der Waals surface area contributed by atoms with Gasteiger partial charge in [-0.05, 0) is 41.8 Å². The van der Waals surface area contributed by atoms with Gasteiger partial charge in [0.2, 0.25) is 0 Å². The molecule has 0 unspecified atom stereocenters. The van der Waals surface area contributed by atoms with Gasteiger partial charge >= 0.3 is 0 Å². The van der Waals surface area contributed by atoms with E-state index in [1.165, 1.54) is 0 Å². The molecule has 1 heterocycles. The molecule has 4 rings (SSSR count). The van der Waals surface area contributed by atoms with Crippen molar-refractivity contribution in [3.8, 4) is 0 Å². The molecule has 3 aromatic rings. The van der Waals surface area contributed by atoms with E-state index >= 15 is 0 Å². The van der Waals surface area contributed by atoms with Gasteiger partial charge in [0.25, 0.3) is 11.8 Å². The van der Waals surface area contributed by atoms with Crippen molar-refractivity contribution < 1.29 is 14.8 Å². The molecule has 5 nitrogen and oxygen atoms in total. The first-order chi connectivity index (χ1) is 14.6. The topological polar surface area (TPSA) is 69.6 Å². The van der Waals surface area contributed by atoms with Crippen LogP contribution in [0.5, 0.6) is 0 Å². The summed E-state index contributed by atoms with van der Waals surface area (Å²) in [6.45, 7) is 0.495. The van der Waals surface area contributed by atoms with Crippen LogP contribution >= 0.6 is 11.6 Å². The Labute approximate surface area is 179 Å². The number of carbonyl (C=O) groups excluding carboxylic acids is 2. The summed E-state index contributed by atoms with van der Waals surface area (Å²) in [7, 11) is 0. The molecular formula is C24H19ClN2O3. The maximum absolute atomic E-state index is 13.7. The van der Waals surface area contributed by atoms with Gasteiger partial charge in [0, 0.05) is 34.0 Å². The van der Waals surface area contributed by atoms with Crippen molar-refractivity contribution in [3.05, 3.63) is 100 Å². The van der Waals surface area contributed by atoms with Crippen LogP contribution in [0.25, 0.3) is 11.6 Å². The van der Waals surface area contributed by atoms with Gasteiger partial charge in [-0.2, -0.15) is 0 Å². The van der Waals surface area contributed by atoms with Gasteiger partial charge in [-0.15, -0.1) is 0 Å². The normalized spacial score (nSPS) is 13.1. The lowest BCUT2D eigenvalue weighted by atomic mass is 10.0. The van der Waals surface area contributed by atoms with Crippen LogP contribution < -0.4 is 10.4 Å². The van der Waals surface area contributed by atoms with E-state index in [-0.39, 0.29) is 11.5 Å². The highest BCUT2D eigenvalue weighted by Crippen LogP contribution is 2.34. The molecule has 150 valence electrons. The van der Waals surface area contributed by atoms with E-state index in [0.717, 1.165) is 11.1 Å². The summed E-state index contributed by atoms with van der Waals surface area (Å²) in [6.07, 6.45) is 2.51. The van der Waals surface area contributed by atoms with Gasteiger partial charge in [-0.1, -0.05) is 66.2 Å². The van der Waals surface area contributed by atoms with Crippen molar-refractivity contribution in [1.82, 2.24) is 5.48 Å². The molecule has 0 atom stereocenters. The van der Waals surface area contributed by atoms with E-state index < -0.39 is 5.91 Å². The number of halogens is 1. The Morgan fingerprint density at radius 3 is 2.47 bits per heavy atom. The van der Waals surface area contributed by atoms with Crippen LogP contribution in [0.2, 0.25) is 5.02 Å². The summed E-state index contributed by atoms with van der Waals surface area (Å²) >= 11 is 6.43. The summed E-state index contributed by atoms with van der Waals surface area (Å²) < 4.78 is 0. The molecule has 3 aromatic carbocycles. The monoisotopic (exact) mass is 418 g/mol. The molecule has 0 radical (unpaired) electrons. The number of amides is 2. The predicted molar refractivity (Wildman–Crippen MR) is 118 cm³/mol. The maximum atomic E-state index is 13.7. The van der Waals surface area contributed by atoms with Crippen molar-refractivity contribution >= 4 is 40.8 Å². The summed E-state index contributed by atoms with van der Waals surface area (Å²) in [4.78, 5) is 27.2. The van der Waals surface area contributed by atoms with Crippen molar-refractivity contribution in [3.63, 3.8) is 0 Å². The van der Waals surface area contributed by atoms with Crippen LogP contribution in [-0.4, -0.2) is 23.6 Å². The number of hydrogen-bond donors (Lipinski definition) is 2. The number of fused-ring (bicyclic) bond motifs is 1. The predicted octanol–water partition coefficient (Wildman–Crippen LogP) is 4.59. The second-order valence-electron chi connectivity index (χ2n) is 6.94. The Morgan fingerprint density at radius 1 is 1.00 bits per heavy atom. The van der Waals surface area contributed by atoms with E-state index in [1.54, 1.807) is 28.6 Å². The molecular weight excluding hydrogens is 400 g/mol. The Morgan fingerprint density at radius 2 is 1.73 bits per heavy atom. The minimum Gasteiger partial charge on any atom is -0.308 e. The third kappa shape index (κ3) is 3.85. The third-order valence-corrected chi connectivity index (χ3v) is 5.42. The molecule has 30 heavy (non-hydrogen) atoms. The zero-order valence-corrected chi connectivity index (χ0v) is 16.8. The lowest BCUT2D eigenvalue weighted by Gasteiger charge is -2.21. The van der Waals surface area contributed by atoms with Gasteiger partial charge in [0.15, 0.2) is 0 Å². The maximum Gasteiger partial charge on any atom is 0.274 e. The SMILES string of the molecule is O=C(NO)c1ccc2c(c1)N(C(=O)/C(=C/c1ccccc1)c1ccccc1Cl)CC2. The van der Waals surface area contributed by atoms with Crippen molar-refractivity contribution in [2.75, 3.05) is 11.4 Å². The van der Waals surface area contributed by atoms with E-state index in [0.29, 0.717) is 34.8 Å². The Hall–Kier alpha value is -3.41. The minimum absolute atomic E-state index is 0.202. The summed E-state index contributed by atoms with van der Waals surface area (Å²) in [5.74, 6) is -0.824. The number of anilines is 1. The highest BCUT2D eigenvalue weighted by atomic mass is 35.5. The Balaban J connectivity index is 1.79. The highest BCUT2D eigenvalue weighted by Gasteiger charge is 2.29. The fourth-order valence-electron chi connectivity index (χ4n) is 3.59. The molecule has 2 N–H and O–H groups in total. The summed E-state index contributed by atoms with van der Waals surface area (Å²) in [5, 5.41) is 9.43. The van der Waals surface area contributed by atoms with Gasteiger partial charge in [-0.3, -0.25) is 14.8 Å². The number of hydrogen-bond acceptors (Lipinski definition) is 3. The molecule has 1 aliphatic heterocycles. The smallest absolute Gasteiger partial charge is 0.274 e. The van der Waals surface area contributed by atoms with Crippen LogP contribution in [-0.2, 0) is 11.2 Å².